The van der Waals surface area contributed by atoms with Crippen LogP contribution in [0.2, 0.25) is 0 Å². The van der Waals surface area contributed by atoms with E-state index in [9.17, 15) is 22.8 Å². The number of nitrogens with zero attached hydrogens (tertiary/aromatic N) is 4. The minimum absolute atomic E-state index is 0.0572. The molecule has 4 amide bonds. The van der Waals surface area contributed by atoms with Crippen molar-refractivity contribution in [3.05, 3.63) is 78.4 Å². The summed E-state index contributed by atoms with van der Waals surface area (Å²) >= 11 is 0. The van der Waals surface area contributed by atoms with E-state index >= 15 is 0 Å². The van der Waals surface area contributed by atoms with E-state index in [0.29, 0.717) is 37.4 Å². The number of hydrogen-bond acceptors (Lipinski definition) is 10. The average Bonchev–Trinajstić information content (AvgIpc) is 4.11. The third-order valence-electron chi connectivity index (χ3n) is 10.5. The van der Waals surface area contributed by atoms with Crippen LogP contribution in [0.3, 0.4) is 0 Å². The number of nitrogens with one attached hydrogen (secondary N) is 2. The SMILES string of the molecule is COc1ccc(CN2CCCCCC=C[C@H]3C[C@@]3(C(=O)NS(=O)(=O)C3CC3)NC(=O)[C@@H]3C[C@@H](Oc4cc(-c5ccccc5)nc(OC)n4)CN3C2=O)cc1. The Morgan fingerprint density at radius 3 is 2.50 bits per heavy atom. The smallest absolute Gasteiger partial charge is 0.321 e. The molecule has 3 fully saturated rings. The van der Waals surface area contributed by atoms with Crippen molar-refractivity contribution < 1.29 is 37.0 Å². The lowest BCUT2D eigenvalue weighted by atomic mass is 10.1. The molecule has 0 bridgehead atoms. The third-order valence-corrected chi connectivity index (χ3v) is 12.3. The van der Waals surface area contributed by atoms with Crippen molar-refractivity contribution in [1.29, 1.82) is 0 Å². The molecule has 2 aromatic carbocycles. The molecule has 3 heterocycles. The summed E-state index contributed by atoms with van der Waals surface area (Å²) in [6, 6.07) is 17.4. The molecule has 14 nitrogen and oxygen atoms in total. The van der Waals surface area contributed by atoms with Crippen molar-refractivity contribution in [2.45, 2.75) is 80.8 Å². The van der Waals surface area contributed by atoms with Crippen LogP contribution in [0, 0.1) is 5.92 Å². The van der Waals surface area contributed by atoms with Crippen molar-refractivity contribution in [1.82, 2.24) is 29.8 Å². The van der Waals surface area contributed by atoms with Gasteiger partial charge in [0.2, 0.25) is 21.8 Å². The van der Waals surface area contributed by atoms with Gasteiger partial charge in [-0.15, -0.1) is 0 Å². The normalized spacial score (nSPS) is 24.7. The Morgan fingerprint density at radius 2 is 1.78 bits per heavy atom. The zero-order chi connectivity index (χ0) is 37.9. The fourth-order valence-corrected chi connectivity index (χ4v) is 8.53. The molecule has 2 N–H and O–H groups in total. The van der Waals surface area contributed by atoms with Gasteiger partial charge in [-0.2, -0.15) is 9.97 Å². The highest BCUT2D eigenvalue weighted by Crippen LogP contribution is 2.46. The van der Waals surface area contributed by atoms with Crippen LogP contribution >= 0.6 is 0 Å². The maximum Gasteiger partial charge on any atom is 0.321 e. The molecule has 54 heavy (non-hydrogen) atoms. The van der Waals surface area contributed by atoms with Crippen molar-refractivity contribution in [2.75, 3.05) is 27.3 Å². The summed E-state index contributed by atoms with van der Waals surface area (Å²) in [6.07, 6.45) is 7.78. The molecule has 15 heteroatoms. The molecular formula is C39H46N6O8S. The Labute approximate surface area is 315 Å². The highest BCUT2D eigenvalue weighted by molar-refractivity contribution is 7.91. The van der Waals surface area contributed by atoms with Crippen LogP contribution in [0.5, 0.6) is 17.6 Å². The van der Waals surface area contributed by atoms with Gasteiger partial charge in [-0.05, 0) is 56.2 Å². The topological polar surface area (TPSA) is 169 Å². The van der Waals surface area contributed by atoms with E-state index in [1.807, 2.05) is 66.7 Å². The second kappa shape index (κ2) is 15.7. The number of fused-ring (bicyclic) bond motifs is 2. The van der Waals surface area contributed by atoms with Crippen molar-refractivity contribution in [3.63, 3.8) is 0 Å². The predicted molar refractivity (Wildman–Crippen MR) is 199 cm³/mol. The first kappa shape index (κ1) is 37.1. The van der Waals surface area contributed by atoms with Crippen LogP contribution in [0.4, 0.5) is 4.79 Å². The number of rotatable bonds is 10. The third kappa shape index (κ3) is 8.30. The van der Waals surface area contributed by atoms with Crippen LogP contribution < -0.4 is 24.2 Å². The summed E-state index contributed by atoms with van der Waals surface area (Å²) in [4.78, 5) is 54.9. The summed E-state index contributed by atoms with van der Waals surface area (Å²) in [5, 5.41) is 2.32. The lowest BCUT2D eigenvalue weighted by molar-refractivity contribution is -0.131. The van der Waals surface area contributed by atoms with Gasteiger partial charge in [-0.1, -0.05) is 61.0 Å². The molecular weight excluding hydrogens is 713 g/mol. The summed E-state index contributed by atoms with van der Waals surface area (Å²) in [5.74, 6) is -0.800. The van der Waals surface area contributed by atoms with E-state index < -0.39 is 50.7 Å². The number of ether oxygens (including phenoxy) is 3. The lowest BCUT2D eigenvalue weighted by Crippen LogP contribution is -2.57. The summed E-state index contributed by atoms with van der Waals surface area (Å²) < 4.78 is 45.1. The summed E-state index contributed by atoms with van der Waals surface area (Å²) in [6.45, 7) is 0.820. The van der Waals surface area contributed by atoms with Crippen molar-refractivity contribution >= 4 is 27.9 Å². The first-order valence-corrected chi connectivity index (χ1v) is 20.0. The van der Waals surface area contributed by atoms with Crippen LogP contribution in [-0.2, 0) is 26.2 Å². The lowest BCUT2D eigenvalue weighted by Gasteiger charge is -2.32. The average molecular weight is 759 g/mol. The zero-order valence-corrected chi connectivity index (χ0v) is 31.3. The highest BCUT2D eigenvalue weighted by Gasteiger charge is 2.62. The molecule has 2 aliphatic carbocycles. The Balaban J connectivity index is 1.19. The van der Waals surface area contributed by atoms with E-state index in [1.54, 1.807) is 18.1 Å². The number of methoxy groups -OCH3 is 2. The van der Waals surface area contributed by atoms with Crippen LogP contribution in [0.25, 0.3) is 11.3 Å². The van der Waals surface area contributed by atoms with E-state index in [1.165, 1.54) is 12.0 Å². The number of urea groups is 1. The quantitative estimate of drug-likeness (QED) is 0.286. The molecule has 1 aromatic heterocycles. The first-order valence-electron chi connectivity index (χ1n) is 18.5. The Hall–Kier alpha value is -5.18. The Morgan fingerprint density at radius 1 is 1.00 bits per heavy atom. The molecule has 4 aliphatic rings. The van der Waals surface area contributed by atoms with E-state index in [-0.39, 0.29) is 37.3 Å². The van der Waals surface area contributed by atoms with E-state index in [4.69, 9.17) is 14.2 Å². The van der Waals surface area contributed by atoms with Gasteiger partial charge in [0, 0.05) is 37.1 Å². The number of carbonyl (C=O) groups excluding carboxylic acids is 3. The molecule has 0 unspecified atom stereocenters. The van der Waals surface area contributed by atoms with Gasteiger partial charge in [0.1, 0.15) is 23.4 Å². The molecule has 1 saturated heterocycles. The monoisotopic (exact) mass is 758 g/mol. The van der Waals surface area contributed by atoms with Gasteiger partial charge in [0.25, 0.3) is 5.91 Å². The molecule has 286 valence electrons. The van der Waals surface area contributed by atoms with Crippen molar-refractivity contribution in [2.24, 2.45) is 5.92 Å². The predicted octanol–water partition coefficient (Wildman–Crippen LogP) is 4.22. The molecule has 0 radical (unpaired) electrons. The molecule has 2 aliphatic heterocycles. The summed E-state index contributed by atoms with van der Waals surface area (Å²) in [5.41, 5.74) is 0.835. The first-order chi connectivity index (χ1) is 26.1. The van der Waals surface area contributed by atoms with Gasteiger partial charge in [0.15, 0.2) is 0 Å². The van der Waals surface area contributed by atoms with Crippen LogP contribution in [-0.4, -0.2) is 96.3 Å². The molecule has 3 aromatic rings. The number of carbonyl (C=O) groups is 3. The van der Waals surface area contributed by atoms with E-state index in [2.05, 4.69) is 20.0 Å². The van der Waals surface area contributed by atoms with Gasteiger partial charge in [-0.25, -0.2) is 13.2 Å². The maximum absolute atomic E-state index is 14.6. The number of benzene rings is 2. The number of hydrogen-bond donors (Lipinski definition) is 2. The van der Waals surface area contributed by atoms with Gasteiger partial charge in [0.05, 0.1) is 31.7 Å². The maximum atomic E-state index is 14.6. The number of allylic oxidation sites excluding steroid dienone is 1. The molecule has 2 saturated carbocycles. The second-order valence-electron chi connectivity index (χ2n) is 14.4. The van der Waals surface area contributed by atoms with Crippen LogP contribution in [0.1, 0.15) is 56.9 Å². The largest absolute Gasteiger partial charge is 0.497 e. The standard InChI is InChI=1S/C39H46N6O8S/c1-51-29-16-14-26(15-17-29)24-44-20-10-5-3-4-9-13-28-23-39(28,36(47)43-54(49,50)31-18-19-31)42-35(46)33-21-30(25-45(33)38(44)48)53-34-22-32(40-37(41-34)52-2)27-11-7-6-8-12-27/h6-9,11-17,22,28,30-31,33H,3-5,10,18-21,23-25H2,1-2H3,(H,42,46)(H,43,47)/t28-,30+,33-,39+/m0/s1. The molecule has 7 rings (SSSR count). The fourth-order valence-electron chi connectivity index (χ4n) is 7.17. The Bertz CT molecular complexity index is 1990. The summed E-state index contributed by atoms with van der Waals surface area (Å²) in [7, 11) is -0.811. The second-order valence-corrected chi connectivity index (χ2v) is 16.3. The number of aromatic nitrogens is 2. The molecule has 4 atom stereocenters. The zero-order valence-electron chi connectivity index (χ0n) is 30.5. The molecule has 0 spiro atoms. The van der Waals surface area contributed by atoms with Gasteiger partial charge in [-0.3, -0.25) is 14.3 Å². The Kier molecular flexibility index (Phi) is 10.8. The minimum Gasteiger partial charge on any atom is -0.497 e. The van der Waals surface area contributed by atoms with Crippen molar-refractivity contribution in [3.8, 4) is 28.9 Å². The fraction of sp³-hybridized carbons (Fsp3) is 0.462. The number of amides is 4. The van der Waals surface area contributed by atoms with Gasteiger partial charge < -0.3 is 29.3 Å². The van der Waals surface area contributed by atoms with Gasteiger partial charge >= 0.3 is 12.0 Å². The van der Waals surface area contributed by atoms with Crippen LogP contribution in [0.15, 0.2) is 72.8 Å². The minimum atomic E-state index is -3.87. The van der Waals surface area contributed by atoms with E-state index in [0.717, 1.165) is 36.8 Å². The number of sulfonamides is 1. The highest BCUT2D eigenvalue weighted by atomic mass is 32.2.